The molecule has 0 aliphatic heterocycles. The van der Waals surface area contributed by atoms with Crippen LogP contribution in [0.25, 0.3) is 0 Å². The van der Waals surface area contributed by atoms with Crippen LogP contribution >= 0.6 is 27.3 Å². The Balaban J connectivity index is 1.48. The number of benzene rings is 2. The van der Waals surface area contributed by atoms with Gasteiger partial charge in [0.25, 0.3) is 0 Å². The lowest BCUT2D eigenvalue weighted by atomic mass is 9.72. The highest BCUT2D eigenvalue weighted by Crippen LogP contribution is 2.44. The number of nitrogens with zero attached hydrogens (tertiary/aromatic N) is 2. The molecule has 0 spiro atoms. The van der Waals surface area contributed by atoms with Gasteiger partial charge in [0.1, 0.15) is 29.2 Å². The zero-order chi connectivity index (χ0) is 23.6. The highest BCUT2D eigenvalue weighted by molar-refractivity contribution is 9.10. The minimum absolute atomic E-state index is 0.260. The second kappa shape index (κ2) is 9.79. The quantitative estimate of drug-likeness (QED) is 0.317. The lowest BCUT2D eigenvalue weighted by Crippen LogP contribution is -2.26. The van der Waals surface area contributed by atoms with Gasteiger partial charge in [0.2, 0.25) is 0 Å². The van der Waals surface area contributed by atoms with Gasteiger partial charge < -0.3 is 4.74 Å². The first-order valence-corrected chi connectivity index (χ1v) is 12.6. The van der Waals surface area contributed by atoms with E-state index in [1.807, 2.05) is 18.2 Å². The van der Waals surface area contributed by atoms with Crippen LogP contribution in [0.2, 0.25) is 0 Å². The summed E-state index contributed by atoms with van der Waals surface area (Å²) in [5.41, 5.74) is 4.01. The van der Waals surface area contributed by atoms with Crippen molar-refractivity contribution in [2.75, 3.05) is 0 Å². The summed E-state index contributed by atoms with van der Waals surface area (Å²) in [5.74, 6) is 1.07. The number of nitriles is 1. The SMILES string of the molecule is CC(C)(C)[C@H]1CCc2c(sc(N=Cc3ccc(OCc4ccc(F)cc4)c(Br)c3)c2C#N)C1. The number of hydrogen-bond donors (Lipinski definition) is 0. The van der Waals surface area contributed by atoms with Crippen molar-refractivity contribution in [1.82, 2.24) is 0 Å². The predicted octanol–water partition coefficient (Wildman–Crippen LogP) is 8.00. The van der Waals surface area contributed by atoms with E-state index in [0.717, 1.165) is 45.4 Å². The number of halogens is 2. The molecule has 33 heavy (non-hydrogen) atoms. The summed E-state index contributed by atoms with van der Waals surface area (Å²) in [7, 11) is 0. The molecule has 6 heteroatoms. The zero-order valence-corrected chi connectivity index (χ0v) is 21.4. The van der Waals surface area contributed by atoms with E-state index >= 15 is 0 Å². The first-order valence-electron chi connectivity index (χ1n) is 11.0. The maximum absolute atomic E-state index is 13.1. The lowest BCUT2D eigenvalue weighted by molar-refractivity contribution is 0.218. The summed E-state index contributed by atoms with van der Waals surface area (Å²) in [6.07, 6.45) is 4.91. The van der Waals surface area contributed by atoms with Crippen LogP contribution in [0.1, 0.15) is 54.3 Å². The molecule has 1 atom stereocenters. The zero-order valence-electron chi connectivity index (χ0n) is 19.0. The van der Waals surface area contributed by atoms with Crippen molar-refractivity contribution in [3.05, 3.63) is 79.9 Å². The lowest BCUT2D eigenvalue weighted by Gasteiger charge is -2.33. The van der Waals surface area contributed by atoms with Crippen molar-refractivity contribution >= 4 is 38.5 Å². The molecule has 3 aromatic rings. The monoisotopic (exact) mass is 524 g/mol. The van der Waals surface area contributed by atoms with Crippen LogP contribution < -0.4 is 4.74 Å². The molecule has 0 fully saturated rings. The van der Waals surface area contributed by atoms with E-state index in [0.29, 0.717) is 18.3 Å². The molecule has 0 saturated carbocycles. The molecule has 1 aliphatic rings. The average molecular weight is 525 g/mol. The Kier molecular flexibility index (Phi) is 7.02. The summed E-state index contributed by atoms with van der Waals surface area (Å²) < 4.78 is 19.7. The molecular formula is C27H26BrFN2OS. The van der Waals surface area contributed by atoms with Gasteiger partial charge in [-0.2, -0.15) is 5.26 Å². The second-order valence-electron chi connectivity index (χ2n) is 9.46. The molecule has 3 nitrogen and oxygen atoms in total. The van der Waals surface area contributed by atoms with Crippen molar-refractivity contribution in [2.45, 2.75) is 46.6 Å². The van der Waals surface area contributed by atoms with E-state index in [-0.39, 0.29) is 11.2 Å². The molecule has 0 radical (unpaired) electrons. The summed E-state index contributed by atoms with van der Waals surface area (Å²) in [5, 5.41) is 10.6. The van der Waals surface area contributed by atoms with Gasteiger partial charge in [-0.3, -0.25) is 0 Å². The Morgan fingerprint density at radius 3 is 2.67 bits per heavy atom. The van der Waals surface area contributed by atoms with Gasteiger partial charge in [-0.25, -0.2) is 9.38 Å². The first-order chi connectivity index (χ1) is 15.7. The summed E-state index contributed by atoms with van der Waals surface area (Å²) >= 11 is 5.22. The van der Waals surface area contributed by atoms with Crippen molar-refractivity contribution < 1.29 is 9.13 Å². The fourth-order valence-corrected chi connectivity index (χ4v) is 5.84. The van der Waals surface area contributed by atoms with Crippen LogP contribution in [-0.2, 0) is 19.4 Å². The summed E-state index contributed by atoms with van der Waals surface area (Å²) in [6, 6.07) is 14.4. The van der Waals surface area contributed by atoms with E-state index < -0.39 is 0 Å². The first kappa shape index (κ1) is 23.7. The summed E-state index contributed by atoms with van der Waals surface area (Å²) in [4.78, 5) is 6.00. The van der Waals surface area contributed by atoms with Gasteiger partial charge in [-0.05, 0) is 93.5 Å². The van der Waals surface area contributed by atoms with Crippen LogP contribution in [-0.4, -0.2) is 6.21 Å². The number of ether oxygens (including phenoxy) is 1. The molecule has 0 bridgehead atoms. The van der Waals surface area contributed by atoms with Crippen LogP contribution in [0.4, 0.5) is 9.39 Å². The topological polar surface area (TPSA) is 45.4 Å². The minimum Gasteiger partial charge on any atom is -0.488 e. The van der Waals surface area contributed by atoms with Gasteiger partial charge in [0.05, 0.1) is 10.0 Å². The molecule has 4 rings (SSSR count). The van der Waals surface area contributed by atoms with Gasteiger partial charge in [-0.15, -0.1) is 11.3 Å². The van der Waals surface area contributed by atoms with Crippen molar-refractivity contribution in [2.24, 2.45) is 16.3 Å². The fraction of sp³-hybridized carbons (Fsp3) is 0.333. The van der Waals surface area contributed by atoms with Crippen LogP contribution in [0.3, 0.4) is 0 Å². The molecule has 1 aromatic heterocycles. The minimum atomic E-state index is -0.260. The molecule has 170 valence electrons. The molecule has 2 aromatic carbocycles. The molecule has 0 unspecified atom stereocenters. The van der Waals surface area contributed by atoms with Gasteiger partial charge in [0.15, 0.2) is 0 Å². The second-order valence-corrected chi connectivity index (χ2v) is 11.4. The Morgan fingerprint density at radius 1 is 1.24 bits per heavy atom. The Bertz CT molecular complexity index is 1220. The third-order valence-corrected chi connectivity index (χ3v) is 7.96. The van der Waals surface area contributed by atoms with Crippen LogP contribution in [0, 0.1) is 28.5 Å². The van der Waals surface area contributed by atoms with E-state index in [4.69, 9.17) is 4.74 Å². The van der Waals surface area contributed by atoms with E-state index in [1.54, 1.807) is 29.7 Å². The number of fused-ring (bicyclic) bond motifs is 1. The van der Waals surface area contributed by atoms with E-state index in [2.05, 4.69) is 47.8 Å². The van der Waals surface area contributed by atoms with Crippen LogP contribution in [0.5, 0.6) is 5.75 Å². The summed E-state index contributed by atoms with van der Waals surface area (Å²) in [6.45, 7) is 7.25. The Hall–Kier alpha value is -2.49. The number of aliphatic imine (C=N–C) groups is 1. The molecule has 0 amide bonds. The smallest absolute Gasteiger partial charge is 0.134 e. The predicted molar refractivity (Wildman–Crippen MR) is 136 cm³/mol. The van der Waals surface area contributed by atoms with Gasteiger partial charge in [-0.1, -0.05) is 32.9 Å². The normalized spacial score (nSPS) is 15.9. The van der Waals surface area contributed by atoms with E-state index in [9.17, 15) is 9.65 Å². The molecule has 1 heterocycles. The number of rotatable bonds is 5. The third kappa shape index (κ3) is 5.54. The Labute approximate surface area is 207 Å². The highest BCUT2D eigenvalue weighted by Gasteiger charge is 2.32. The molecule has 0 N–H and O–H groups in total. The molecular weight excluding hydrogens is 499 g/mol. The highest BCUT2D eigenvalue weighted by atomic mass is 79.9. The van der Waals surface area contributed by atoms with Gasteiger partial charge in [0, 0.05) is 11.1 Å². The van der Waals surface area contributed by atoms with Crippen molar-refractivity contribution in [3.63, 3.8) is 0 Å². The standard InChI is InChI=1S/C27H26BrFN2OS/c1-27(2,3)19-7-10-21-22(14-30)26(33-25(21)13-19)31-15-18-6-11-24(23(28)12-18)32-16-17-4-8-20(29)9-5-17/h4-6,8-9,11-12,15,19H,7,10,13,16H2,1-3H3/t19-/m0/s1. The van der Waals surface area contributed by atoms with Crippen molar-refractivity contribution in [1.29, 1.82) is 5.26 Å². The maximum Gasteiger partial charge on any atom is 0.134 e. The average Bonchev–Trinajstić information content (AvgIpc) is 3.14. The maximum atomic E-state index is 13.1. The van der Waals surface area contributed by atoms with E-state index in [1.165, 1.54) is 22.6 Å². The van der Waals surface area contributed by atoms with Crippen LogP contribution in [0.15, 0.2) is 51.9 Å². The number of hydrogen-bond acceptors (Lipinski definition) is 4. The van der Waals surface area contributed by atoms with Gasteiger partial charge >= 0.3 is 0 Å². The Morgan fingerprint density at radius 2 is 2.00 bits per heavy atom. The van der Waals surface area contributed by atoms with Crippen molar-refractivity contribution in [3.8, 4) is 11.8 Å². The largest absolute Gasteiger partial charge is 0.488 e. The third-order valence-electron chi connectivity index (χ3n) is 6.18. The number of thiophene rings is 1. The fourth-order valence-electron chi connectivity index (χ4n) is 4.11. The molecule has 1 aliphatic carbocycles. The molecule has 0 saturated heterocycles.